The van der Waals surface area contributed by atoms with E-state index < -0.39 is 144 Å². The summed E-state index contributed by atoms with van der Waals surface area (Å²) in [5.41, 5.74) is -1.58. The standard InChI is InChI=1S/C40H33BN2O/c1-40(2,3)28-23-24-37-34(25-28)41-33-21-13-14-22-35(33)43(31-19-11-6-12-20-31)36-26-32(27-38(44-37)39(36)41)42(29-15-7-4-8-16-29)30-17-9-5-10-18-30/h4-27H,1-3H3/i4D,5D,6D,7D,8D,9D,10D,11D,12D,13D,14D,15D,16D,17D,18D,19D,20D,21D,22D. The smallest absolute Gasteiger partial charge is 0.256 e. The summed E-state index contributed by atoms with van der Waals surface area (Å²) in [4.78, 5) is 1.96. The van der Waals surface area contributed by atoms with E-state index in [1.54, 1.807) is 6.07 Å². The summed E-state index contributed by atoms with van der Waals surface area (Å²) >= 11 is 0. The number of fused-ring (bicyclic) bond motifs is 4. The SMILES string of the molecule is [2H]c1c([2H])c([2H])c(N(c2cc3c4c(c2)N(c2c([2H])c([2H])c([2H])c([2H])c2[2H])c2c([2H])c([2H])c([2H])c([2H])c2B4c2cc(C(C)(C)C)ccc2O3)c2c([2H])c([2H])c([2H])c([2H])c2[2H])c([2H])c1[2H]. The van der Waals surface area contributed by atoms with Crippen LogP contribution in [0.15, 0.2) is 145 Å². The second-order valence-corrected chi connectivity index (χ2v) is 11.3. The minimum absolute atomic E-state index is 0.0296. The Morgan fingerprint density at radius 1 is 0.614 bits per heavy atom. The molecule has 0 bridgehead atoms. The lowest BCUT2D eigenvalue weighted by atomic mass is 9.34. The van der Waals surface area contributed by atoms with Crippen LogP contribution in [0.2, 0.25) is 0 Å². The number of ether oxygens (including phenoxy) is 1. The van der Waals surface area contributed by atoms with Crippen LogP contribution in [0.3, 0.4) is 0 Å². The zero-order valence-corrected chi connectivity index (χ0v) is 23.8. The van der Waals surface area contributed by atoms with E-state index >= 15 is 0 Å². The van der Waals surface area contributed by atoms with Gasteiger partial charge in [-0.25, -0.2) is 0 Å². The van der Waals surface area contributed by atoms with Crippen LogP contribution in [0.4, 0.5) is 34.1 Å². The van der Waals surface area contributed by atoms with Crippen LogP contribution in [-0.4, -0.2) is 6.71 Å². The molecule has 2 aliphatic rings. The average molecular weight is 588 g/mol. The zero-order valence-electron chi connectivity index (χ0n) is 42.8. The van der Waals surface area contributed by atoms with E-state index in [9.17, 15) is 2.74 Å². The first-order chi connectivity index (χ1) is 29.3. The Balaban J connectivity index is 1.62. The maximum absolute atomic E-state index is 9.39. The average Bonchev–Trinajstić information content (AvgIpc) is 3.25. The third-order valence-corrected chi connectivity index (χ3v) is 7.64. The lowest BCUT2D eigenvalue weighted by molar-refractivity contribution is 0.486. The number of nitrogens with zero attached hydrogens (tertiary/aromatic N) is 2. The number of anilines is 6. The number of hydrogen-bond acceptors (Lipinski definition) is 3. The molecule has 6 aromatic rings. The molecule has 2 aliphatic heterocycles. The molecule has 0 spiro atoms. The van der Waals surface area contributed by atoms with Crippen LogP contribution in [-0.2, 0) is 5.41 Å². The summed E-state index contributed by atoms with van der Waals surface area (Å²) < 4.78 is 174. The number of benzene rings is 6. The van der Waals surface area contributed by atoms with E-state index in [0.29, 0.717) is 5.46 Å². The first-order valence-corrected chi connectivity index (χ1v) is 13.8. The zero-order chi connectivity index (χ0) is 46.4. The van der Waals surface area contributed by atoms with Crippen LogP contribution < -0.4 is 30.9 Å². The van der Waals surface area contributed by atoms with E-state index in [0.717, 1.165) is 15.4 Å². The van der Waals surface area contributed by atoms with Gasteiger partial charge in [-0.15, -0.1) is 0 Å². The second kappa shape index (κ2) is 10.2. The van der Waals surface area contributed by atoms with E-state index in [1.807, 2.05) is 32.9 Å². The lowest BCUT2D eigenvalue weighted by Crippen LogP contribution is -2.59. The minimum atomic E-state index is -1.10. The van der Waals surface area contributed by atoms with E-state index in [2.05, 4.69) is 0 Å². The van der Waals surface area contributed by atoms with Crippen LogP contribution in [0.5, 0.6) is 11.5 Å². The molecular formula is C40H33BN2O. The third kappa shape index (κ3) is 4.29. The molecule has 8 rings (SSSR count). The van der Waals surface area contributed by atoms with Gasteiger partial charge in [0.1, 0.15) is 11.5 Å². The molecule has 0 atom stereocenters. The fraction of sp³-hybridized carbons (Fsp3) is 0.100. The molecular weight excluding hydrogens is 535 g/mol. The largest absolute Gasteiger partial charge is 0.458 e. The molecule has 0 saturated heterocycles. The molecule has 0 saturated carbocycles. The second-order valence-electron chi connectivity index (χ2n) is 11.3. The maximum Gasteiger partial charge on any atom is 0.256 e. The molecule has 0 aromatic heterocycles. The van der Waals surface area contributed by atoms with Crippen molar-refractivity contribution in [3.05, 3.63) is 151 Å². The Bertz CT molecular complexity index is 2910. The van der Waals surface area contributed by atoms with Crippen molar-refractivity contribution in [2.45, 2.75) is 26.2 Å². The van der Waals surface area contributed by atoms with Crippen LogP contribution in [0.1, 0.15) is 52.4 Å². The predicted octanol–water partition coefficient (Wildman–Crippen LogP) is 8.86. The Morgan fingerprint density at radius 2 is 1.23 bits per heavy atom. The molecule has 6 aromatic carbocycles. The highest BCUT2D eigenvalue weighted by Crippen LogP contribution is 2.45. The van der Waals surface area contributed by atoms with Crippen molar-refractivity contribution >= 4 is 57.2 Å². The summed E-state index contributed by atoms with van der Waals surface area (Å²) in [5, 5.41) is 0. The molecule has 3 nitrogen and oxygen atoms in total. The van der Waals surface area contributed by atoms with Gasteiger partial charge in [-0.2, -0.15) is 0 Å². The molecule has 0 amide bonds. The molecule has 0 unspecified atom stereocenters. The summed E-state index contributed by atoms with van der Waals surface area (Å²) in [6.07, 6.45) is 0. The highest BCUT2D eigenvalue weighted by atomic mass is 16.5. The quantitative estimate of drug-likeness (QED) is 0.191. The molecule has 0 radical (unpaired) electrons. The highest BCUT2D eigenvalue weighted by Gasteiger charge is 2.42. The minimum Gasteiger partial charge on any atom is -0.458 e. The van der Waals surface area contributed by atoms with Crippen molar-refractivity contribution in [2.24, 2.45) is 0 Å². The van der Waals surface area contributed by atoms with Crippen molar-refractivity contribution in [1.82, 2.24) is 0 Å². The monoisotopic (exact) mass is 587 g/mol. The van der Waals surface area contributed by atoms with Gasteiger partial charge in [-0.1, -0.05) is 105 Å². The number of hydrogen-bond donors (Lipinski definition) is 0. The van der Waals surface area contributed by atoms with E-state index in [4.69, 9.17) is 28.0 Å². The fourth-order valence-electron chi connectivity index (χ4n) is 5.68. The van der Waals surface area contributed by atoms with Gasteiger partial charge in [0.15, 0.2) is 0 Å². The maximum atomic E-state index is 9.39. The van der Waals surface area contributed by atoms with E-state index in [-0.39, 0.29) is 39.5 Å². The number of rotatable bonds is 4. The van der Waals surface area contributed by atoms with Gasteiger partial charge < -0.3 is 14.5 Å². The number of para-hydroxylation sites is 4. The summed E-state index contributed by atoms with van der Waals surface area (Å²) in [6, 6.07) is -6.63. The molecule has 44 heavy (non-hydrogen) atoms. The molecule has 2 heterocycles. The highest BCUT2D eigenvalue weighted by molar-refractivity contribution is 6.99. The van der Waals surface area contributed by atoms with Crippen LogP contribution in [0, 0.1) is 0 Å². The Kier molecular flexibility index (Phi) is 3.06. The molecule has 4 heteroatoms. The predicted molar refractivity (Wildman–Crippen MR) is 186 cm³/mol. The topological polar surface area (TPSA) is 15.7 Å². The van der Waals surface area contributed by atoms with Crippen molar-refractivity contribution in [3.63, 3.8) is 0 Å². The molecule has 0 fully saturated rings. The van der Waals surface area contributed by atoms with Crippen LogP contribution in [0.25, 0.3) is 0 Å². The first kappa shape index (κ1) is 13.2. The summed E-state index contributed by atoms with van der Waals surface area (Å²) in [5.74, 6) is 0.138. The van der Waals surface area contributed by atoms with Crippen molar-refractivity contribution in [1.29, 1.82) is 0 Å². The van der Waals surface area contributed by atoms with Gasteiger partial charge in [0.2, 0.25) is 0 Å². The van der Waals surface area contributed by atoms with Crippen molar-refractivity contribution in [3.8, 4) is 11.5 Å². The molecule has 0 N–H and O–H groups in total. The van der Waals surface area contributed by atoms with Gasteiger partial charge in [-0.3, -0.25) is 0 Å². The van der Waals surface area contributed by atoms with Gasteiger partial charge in [-0.05, 0) is 81.8 Å². The van der Waals surface area contributed by atoms with Gasteiger partial charge in [0.25, 0.3) is 6.71 Å². The first-order valence-electron chi connectivity index (χ1n) is 23.3. The summed E-state index contributed by atoms with van der Waals surface area (Å²) in [6.45, 7) is 4.81. The van der Waals surface area contributed by atoms with Crippen molar-refractivity contribution in [2.75, 3.05) is 9.80 Å². The van der Waals surface area contributed by atoms with Gasteiger partial charge >= 0.3 is 0 Å². The normalized spacial score (nSPS) is 19.0. The van der Waals surface area contributed by atoms with Gasteiger partial charge in [0, 0.05) is 34.5 Å². The Labute approximate surface area is 286 Å². The van der Waals surface area contributed by atoms with Gasteiger partial charge in [0.05, 0.1) is 31.7 Å². The fourth-order valence-corrected chi connectivity index (χ4v) is 5.68. The van der Waals surface area contributed by atoms with E-state index in [1.165, 1.54) is 12.1 Å². The molecule has 212 valence electrons. The van der Waals surface area contributed by atoms with Crippen LogP contribution >= 0.6 is 0 Å². The molecule has 0 aliphatic carbocycles. The third-order valence-electron chi connectivity index (χ3n) is 7.64. The Hall–Kier alpha value is -5.22. The summed E-state index contributed by atoms with van der Waals surface area (Å²) in [7, 11) is 0. The van der Waals surface area contributed by atoms with Crippen molar-refractivity contribution < 1.29 is 30.8 Å². The lowest BCUT2D eigenvalue weighted by Gasteiger charge is -2.41. The Morgan fingerprint density at radius 3 is 1.89 bits per heavy atom.